The molecule has 12 nitrogen and oxygen atoms in total. The fourth-order valence-corrected chi connectivity index (χ4v) is 6.86. The van der Waals surface area contributed by atoms with Crippen LogP contribution in [0.25, 0.3) is 0 Å². The van der Waals surface area contributed by atoms with Crippen molar-refractivity contribution in [2.75, 3.05) is 0 Å². The molecule has 3 N–H and O–H groups in total. The molecule has 0 fully saturated rings. The lowest BCUT2D eigenvalue weighted by Gasteiger charge is -2.31. The molecule has 0 aliphatic heterocycles. The first-order valence-corrected chi connectivity index (χ1v) is 16.3. The first kappa shape index (κ1) is 31.1. The van der Waals surface area contributed by atoms with E-state index >= 15 is 0 Å². The molecule has 0 bridgehead atoms. The SMILES string of the molecule is O=C(CCn1c(=O)n(CCC(=O)NC2Cc3ccccc32)c(=O)n(CCC(=O)NC2Cc3ccccc32)c1=O)NC1Cc2ccccc21. The quantitative estimate of drug-likeness (QED) is 0.212. The molecule has 48 heavy (non-hydrogen) atoms. The van der Waals surface area contributed by atoms with E-state index in [4.69, 9.17) is 0 Å². The molecule has 3 unspecified atom stereocenters. The number of carbonyl (C=O) groups excluding carboxylic acids is 3. The zero-order valence-corrected chi connectivity index (χ0v) is 26.3. The number of hydrogen-bond acceptors (Lipinski definition) is 6. The molecule has 3 atom stereocenters. The van der Waals surface area contributed by atoms with Crippen molar-refractivity contribution in [2.45, 2.75) is 76.3 Å². The van der Waals surface area contributed by atoms with Crippen LogP contribution in [0, 0.1) is 0 Å². The molecule has 0 saturated carbocycles. The zero-order valence-electron chi connectivity index (χ0n) is 26.3. The van der Waals surface area contributed by atoms with E-state index in [0.29, 0.717) is 19.3 Å². The summed E-state index contributed by atoms with van der Waals surface area (Å²) in [6.07, 6.45) is 1.58. The maximum Gasteiger partial charge on any atom is 0.336 e. The lowest BCUT2D eigenvalue weighted by molar-refractivity contribution is -0.123. The minimum absolute atomic E-state index is 0.140. The smallest absolute Gasteiger partial charge is 0.336 e. The predicted molar refractivity (Wildman–Crippen MR) is 176 cm³/mol. The van der Waals surface area contributed by atoms with Crippen LogP contribution in [0.3, 0.4) is 0 Å². The second-order valence-corrected chi connectivity index (χ2v) is 12.6. The Morgan fingerprint density at radius 2 is 0.750 bits per heavy atom. The highest BCUT2D eigenvalue weighted by Crippen LogP contribution is 2.34. The molecule has 12 heteroatoms. The fourth-order valence-electron chi connectivity index (χ4n) is 6.86. The van der Waals surface area contributed by atoms with Gasteiger partial charge in [0.15, 0.2) is 0 Å². The summed E-state index contributed by atoms with van der Waals surface area (Å²) in [5.74, 6) is -1.03. The summed E-state index contributed by atoms with van der Waals surface area (Å²) in [7, 11) is 0. The molecule has 0 radical (unpaired) electrons. The Kier molecular flexibility index (Phi) is 8.38. The lowest BCUT2D eigenvalue weighted by Crippen LogP contribution is -2.55. The van der Waals surface area contributed by atoms with Crippen molar-refractivity contribution in [2.24, 2.45) is 0 Å². The number of aromatic nitrogens is 3. The average molecular weight is 649 g/mol. The number of rotatable bonds is 12. The van der Waals surface area contributed by atoms with Crippen molar-refractivity contribution in [3.05, 3.63) is 138 Å². The fraction of sp³-hybridized carbons (Fsp3) is 0.333. The Morgan fingerprint density at radius 1 is 0.479 bits per heavy atom. The van der Waals surface area contributed by atoms with Crippen LogP contribution >= 0.6 is 0 Å². The van der Waals surface area contributed by atoms with Gasteiger partial charge in [-0.2, -0.15) is 0 Å². The van der Waals surface area contributed by atoms with Gasteiger partial charge in [0.25, 0.3) is 0 Å². The number of nitrogens with zero attached hydrogens (tertiary/aromatic N) is 3. The van der Waals surface area contributed by atoms with E-state index in [2.05, 4.69) is 16.0 Å². The summed E-state index contributed by atoms with van der Waals surface area (Å²) in [4.78, 5) is 79.1. The summed E-state index contributed by atoms with van der Waals surface area (Å²) in [5, 5.41) is 8.81. The second kappa shape index (κ2) is 12.9. The van der Waals surface area contributed by atoms with Gasteiger partial charge in [0, 0.05) is 38.9 Å². The standard InChI is InChI=1S/C36H36N6O6/c43-31(37-28-19-22-7-1-4-10-25(22)28)13-16-40-34(46)41(17-14-32(44)38-29-20-23-8-2-5-11-26(23)29)36(48)42(35(40)47)18-15-33(45)39-30-21-24-9-3-6-12-27(24)30/h1-12,28-30H,13-21H2,(H,37,43)(H,38,44)(H,39,45). The molecule has 3 aliphatic rings. The number of hydrogen-bond donors (Lipinski definition) is 3. The molecule has 7 rings (SSSR count). The van der Waals surface area contributed by atoms with Gasteiger partial charge in [-0.15, -0.1) is 0 Å². The van der Waals surface area contributed by atoms with Crippen LogP contribution in [0.1, 0.15) is 70.8 Å². The lowest BCUT2D eigenvalue weighted by atomic mass is 9.83. The van der Waals surface area contributed by atoms with Gasteiger partial charge >= 0.3 is 17.1 Å². The minimum Gasteiger partial charge on any atom is -0.349 e. The molecule has 246 valence electrons. The maximum atomic E-state index is 13.5. The van der Waals surface area contributed by atoms with Crippen molar-refractivity contribution >= 4 is 17.7 Å². The van der Waals surface area contributed by atoms with E-state index in [9.17, 15) is 28.8 Å². The molecular weight excluding hydrogens is 612 g/mol. The van der Waals surface area contributed by atoms with E-state index in [-0.39, 0.29) is 74.7 Å². The number of carbonyl (C=O) groups is 3. The van der Waals surface area contributed by atoms with E-state index in [1.54, 1.807) is 0 Å². The average Bonchev–Trinajstić information content (AvgIpc) is 3.05. The first-order chi connectivity index (χ1) is 23.3. The Labute approximate surface area is 275 Å². The third kappa shape index (κ3) is 6.01. The third-order valence-corrected chi connectivity index (χ3v) is 9.64. The number of nitrogens with one attached hydrogen (secondary N) is 3. The van der Waals surface area contributed by atoms with Crippen molar-refractivity contribution in [3.63, 3.8) is 0 Å². The summed E-state index contributed by atoms with van der Waals surface area (Å²) < 4.78 is 2.53. The van der Waals surface area contributed by atoms with Gasteiger partial charge in [-0.25, -0.2) is 28.1 Å². The second-order valence-electron chi connectivity index (χ2n) is 12.6. The summed E-state index contributed by atoms with van der Waals surface area (Å²) in [6.45, 7) is -0.809. The zero-order chi connectivity index (χ0) is 33.4. The molecule has 3 aliphatic carbocycles. The monoisotopic (exact) mass is 648 g/mol. The van der Waals surface area contributed by atoms with Crippen LogP contribution in [0.2, 0.25) is 0 Å². The Bertz CT molecular complexity index is 1850. The van der Waals surface area contributed by atoms with Crippen LogP contribution < -0.4 is 33.0 Å². The van der Waals surface area contributed by atoms with Crippen molar-refractivity contribution in [3.8, 4) is 0 Å². The molecule has 3 aromatic carbocycles. The van der Waals surface area contributed by atoms with Crippen molar-refractivity contribution in [1.29, 1.82) is 0 Å². The van der Waals surface area contributed by atoms with Crippen molar-refractivity contribution in [1.82, 2.24) is 29.7 Å². The van der Waals surface area contributed by atoms with Crippen LogP contribution in [-0.4, -0.2) is 31.4 Å². The maximum absolute atomic E-state index is 13.5. The summed E-state index contributed by atoms with van der Waals surface area (Å²) in [6, 6.07) is 22.9. The van der Waals surface area contributed by atoms with Crippen LogP contribution in [0.4, 0.5) is 0 Å². The number of benzene rings is 3. The van der Waals surface area contributed by atoms with Crippen LogP contribution in [0.5, 0.6) is 0 Å². The Hall–Kier alpha value is -5.52. The van der Waals surface area contributed by atoms with Gasteiger partial charge < -0.3 is 16.0 Å². The van der Waals surface area contributed by atoms with Gasteiger partial charge in [-0.1, -0.05) is 72.8 Å². The molecule has 0 spiro atoms. The molecule has 1 aromatic heterocycles. The largest absolute Gasteiger partial charge is 0.349 e. The van der Waals surface area contributed by atoms with E-state index in [1.165, 1.54) is 0 Å². The van der Waals surface area contributed by atoms with Crippen LogP contribution in [-0.2, 0) is 53.3 Å². The normalized spacial score (nSPS) is 18.1. The van der Waals surface area contributed by atoms with Gasteiger partial charge in [0.1, 0.15) is 0 Å². The highest BCUT2D eigenvalue weighted by atomic mass is 16.2. The van der Waals surface area contributed by atoms with E-state index in [0.717, 1.165) is 47.1 Å². The first-order valence-electron chi connectivity index (χ1n) is 16.3. The Balaban J connectivity index is 1.05. The Morgan fingerprint density at radius 3 is 1.02 bits per heavy atom. The highest BCUT2D eigenvalue weighted by molar-refractivity contribution is 5.78. The molecular formula is C36H36N6O6. The molecule has 1 heterocycles. The summed E-state index contributed by atoms with van der Waals surface area (Å²) in [5.41, 5.74) is 3.87. The van der Waals surface area contributed by atoms with E-state index < -0.39 is 17.1 Å². The van der Waals surface area contributed by atoms with Gasteiger partial charge in [0.2, 0.25) is 17.7 Å². The predicted octanol–water partition coefficient (Wildman–Crippen LogP) is 1.58. The number of fused-ring (bicyclic) bond motifs is 3. The van der Waals surface area contributed by atoms with E-state index in [1.807, 2.05) is 72.8 Å². The summed E-state index contributed by atoms with van der Waals surface area (Å²) >= 11 is 0. The highest BCUT2D eigenvalue weighted by Gasteiger charge is 2.29. The molecule has 4 aromatic rings. The van der Waals surface area contributed by atoms with Gasteiger partial charge in [-0.3, -0.25) is 14.4 Å². The van der Waals surface area contributed by atoms with Crippen LogP contribution in [0.15, 0.2) is 87.2 Å². The minimum atomic E-state index is -0.902. The number of amides is 3. The van der Waals surface area contributed by atoms with Crippen molar-refractivity contribution < 1.29 is 14.4 Å². The van der Waals surface area contributed by atoms with Gasteiger partial charge in [0.05, 0.1) is 18.1 Å². The van der Waals surface area contributed by atoms with Gasteiger partial charge in [-0.05, 0) is 52.6 Å². The molecule has 0 saturated heterocycles. The topological polar surface area (TPSA) is 153 Å². The molecule has 3 amide bonds. The third-order valence-electron chi connectivity index (χ3n) is 9.64.